The number of fused-ring (bicyclic) bond motifs is 1. The molecule has 1 aromatic carbocycles. The van der Waals surface area contributed by atoms with Crippen LogP contribution in [0.4, 0.5) is 0 Å². The van der Waals surface area contributed by atoms with Gasteiger partial charge in [-0.25, -0.2) is 4.79 Å². The normalized spacial score (nSPS) is 13.1. The summed E-state index contributed by atoms with van der Waals surface area (Å²) in [6.45, 7) is 2.88. The lowest BCUT2D eigenvalue weighted by atomic mass is 9.90. The van der Waals surface area contributed by atoms with Crippen LogP contribution in [0.1, 0.15) is 30.9 Å². The third-order valence-electron chi connectivity index (χ3n) is 4.14. The van der Waals surface area contributed by atoms with E-state index in [1.54, 1.807) is 31.3 Å². The van der Waals surface area contributed by atoms with E-state index in [9.17, 15) is 19.7 Å². The zero-order valence-corrected chi connectivity index (χ0v) is 15.4. The summed E-state index contributed by atoms with van der Waals surface area (Å²) >= 11 is 0. The molecule has 9 heteroatoms. The van der Waals surface area contributed by atoms with E-state index in [1.165, 1.54) is 14.0 Å². The number of aromatic nitrogens is 1. The van der Waals surface area contributed by atoms with Gasteiger partial charge in [-0.1, -0.05) is 12.1 Å². The predicted octanol–water partition coefficient (Wildman–Crippen LogP) is 2.17. The van der Waals surface area contributed by atoms with Crippen LogP contribution < -0.4 is 0 Å². The molecule has 0 saturated heterocycles. The van der Waals surface area contributed by atoms with Crippen molar-refractivity contribution in [3.63, 3.8) is 0 Å². The summed E-state index contributed by atoms with van der Waals surface area (Å²) in [5, 5.41) is 12.3. The second-order valence-electron chi connectivity index (χ2n) is 5.91. The van der Waals surface area contributed by atoms with Crippen LogP contribution in [0.2, 0.25) is 0 Å². The van der Waals surface area contributed by atoms with E-state index in [4.69, 9.17) is 14.2 Å². The van der Waals surface area contributed by atoms with Crippen LogP contribution in [0.25, 0.3) is 10.9 Å². The summed E-state index contributed by atoms with van der Waals surface area (Å²) in [5.74, 6) is -2.24. The number of hydrogen-bond donors (Lipinski definition) is 1. The first-order valence-electron chi connectivity index (χ1n) is 8.42. The topological polar surface area (TPSA) is 121 Å². The van der Waals surface area contributed by atoms with E-state index >= 15 is 0 Å². The smallest absolute Gasteiger partial charge is 0.382 e. The molecule has 0 radical (unpaired) electrons. The third-order valence-corrected chi connectivity index (χ3v) is 4.14. The first-order chi connectivity index (χ1) is 12.9. The Morgan fingerprint density at radius 2 is 2.04 bits per heavy atom. The first kappa shape index (κ1) is 20.4. The minimum absolute atomic E-state index is 0.0137. The number of nitrogens with one attached hydrogen (secondary N) is 1. The van der Waals surface area contributed by atoms with Crippen LogP contribution in [0.5, 0.6) is 0 Å². The monoisotopic (exact) mass is 378 g/mol. The average molecular weight is 378 g/mol. The molecule has 0 saturated carbocycles. The van der Waals surface area contributed by atoms with E-state index < -0.39 is 28.8 Å². The van der Waals surface area contributed by atoms with Gasteiger partial charge in [0.15, 0.2) is 0 Å². The van der Waals surface area contributed by atoms with Gasteiger partial charge in [-0.2, -0.15) is 0 Å². The molecular formula is C18H22N2O7. The van der Waals surface area contributed by atoms with Gasteiger partial charge in [-0.3, -0.25) is 14.9 Å². The maximum Gasteiger partial charge on any atom is 0.382 e. The second kappa shape index (κ2) is 9.13. The van der Waals surface area contributed by atoms with Crippen LogP contribution >= 0.6 is 0 Å². The van der Waals surface area contributed by atoms with E-state index in [0.29, 0.717) is 22.0 Å². The molecule has 27 heavy (non-hydrogen) atoms. The maximum atomic E-state index is 12.2. The summed E-state index contributed by atoms with van der Waals surface area (Å²) in [5.41, 5.74) is 1.91. The fraction of sp³-hybridized carbons (Fsp3) is 0.444. The number of esters is 2. The van der Waals surface area contributed by atoms with Gasteiger partial charge in [0.2, 0.25) is 0 Å². The van der Waals surface area contributed by atoms with Crippen LogP contribution in [0, 0.1) is 10.1 Å². The summed E-state index contributed by atoms with van der Waals surface area (Å²) in [6, 6.07) is 3.72. The lowest BCUT2D eigenvalue weighted by Gasteiger charge is -2.19. The van der Waals surface area contributed by atoms with Crippen molar-refractivity contribution in [3.05, 3.63) is 45.6 Å². The Kier molecular flexibility index (Phi) is 6.89. The van der Waals surface area contributed by atoms with Gasteiger partial charge in [0.25, 0.3) is 0 Å². The number of carbonyl (C=O) groups is 2. The Balaban J connectivity index is 2.55. The average Bonchev–Trinajstić information content (AvgIpc) is 3.04. The standard InChI is InChI=1S/C18H22N2O7/c1-4-26-18(22)17(20(23)24)14(10-25-3)13-8-19-15-7-5-6-12(16(13)15)9-27-11(2)21/h5-8,14,17,19H,4,9-10H2,1-3H3. The molecular weight excluding hydrogens is 356 g/mol. The first-order valence-corrected chi connectivity index (χ1v) is 8.42. The molecule has 0 bridgehead atoms. The van der Waals surface area contributed by atoms with Gasteiger partial charge in [0.05, 0.1) is 19.1 Å². The fourth-order valence-corrected chi connectivity index (χ4v) is 3.04. The van der Waals surface area contributed by atoms with Crippen molar-refractivity contribution >= 4 is 22.8 Å². The Labute approximate surface area is 155 Å². The molecule has 0 aliphatic rings. The Morgan fingerprint density at radius 1 is 1.30 bits per heavy atom. The molecule has 0 aliphatic heterocycles. The molecule has 0 amide bonds. The number of rotatable bonds is 9. The van der Waals surface area contributed by atoms with Crippen molar-refractivity contribution in [2.75, 3.05) is 20.3 Å². The van der Waals surface area contributed by atoms with Crippen LogP contribution in [0.3, 0.4) is 0 Å². The highest BCUT2D eigenvalue weighted by molar-refractivity contribution is 5.88. The fourth-order valence-electron chi connectivity index (χ4n) is 3.04. The van der Waals surface area contributed by atoms with Crippen molar-refractivity contribution in [1.82, 2.24) is 4.98 Å². The number of ether oxygens (including phenoxy) is 3. The van der Waals surface area contributed by atoms with Gasteiger partial charge >= 0.3 is 18.0 Å². The second-order valence-corrected chi connectivity index (χ2v) is 5.91. The zero-order valence-electron chi connectivity index (χ0n) is 15.4. The molecule has 1 heterocycles. The number of benzene rings is 1. The minimum Gasteiger partial charge on any atom is -0.461 e. The number of carbonyl (C=O) groups excluding carboxylic acids is 2. The van der Waals surface area contributed by atoms with Crippen LogP contribution in [0.15, 0.2) is 24.4 Å². The number of nitro groups is 1. The van der Waals surface area contributed by atoms with Crippen LogP contribution in [-0.4, -0.2) is 48.2 Å². The van der Waals surface area contributed by atoms with Crippen molar-refractivity contribution in [1.29, 1.82) is 0 Å². The van der Waals surface area contributed by atoms with Gasteiger partial charge in [-0.05, 0) is 24.1 Å². The zero-order chi connectivity index (χ0) is 20.0. The summed E-state index contributed by atoms with van der Waals surface area (Å²) in [7, 11) is 1.41. The molecule has 1 aromatic heterocycles. The molecule has 0 fully saturated rings. The number of methoxy groups -OCH3 is 1. The third kappa shape index (κ3) is 4.62. The predicted molar refractivity (Wildman–Crippen MR) is 95.8 cm³/mol. The molecule has 2 aromatic rings. The van der Waals surface area contributed by atoms with Gasteiger partial charge in [-0.15, -0.1) is 0 Å². The highest BCUT2D eigenvalue weighted by atomic mass is 16.6. The highest BCUT2D eigenvalue weighted by Crippen LogP contribution is 2.32. The summed E-state index contributed by atoms with van der Waals surface area (Å²) < 4.78 is 15.1. The number of hydrogen-bond acceptors (Lipinski definition) is 7. The molecule has 2 atom stereocenters. The quantitative estimate of drug-likeness (QED) is 0.403. The Bertz CT molecular complexity index is 830. The van der Waals surface area contributed by atoms with Gasteiger partial charge < -0.3 is 19.2 Å². The number of H-pyrrole nitrogens is 1. The number of nitrogens with zero attached hydrogens (tertiary/aromatic N) is 1. The van der Waals surface area contributed by atoms with Crippen LogP contribution in [-0.2, 0) is 30.4 Å². The van der Waals surface area contributed by atoms with Gasteiger partial charge in [0, 0.05) is 36.1 Å². The molecule has 1 N–H and O–H groups in total. The van der Waals surface area contributed by atoms with Crippen molar-refractivity contribution in [2.45, 2.75) is 32.4 Å². The summed E-state index contributed by atoms with van der Waals surface area (Å²) in [6.07, 6.45) is 1.61. The molecule has 0 aliphatic carbocycles. The van der Waals surface area contributed by atoms with Crippen molar-refractivity contribution in [2.24, 2.45) is 0 Å². The largest absolute Gasteiger partial charge is 0.461 e. The molecule has 146 valence electrons. The highest BCUT2D eigenvalue weighted by Gasteiger charge is 2.42. The SMILES string of the molecule is CCOC(=O)C(C(COC)c1c[nH]c2cccc(COC(C)=O)c12)[N+](=O)[O-]. The molecule has 0 spiro atoms. The summed E-state index contributed by atoms with van der Waals surface area (Å²) in [4.78, 5) is 37.4. The maximum absolute atomic E-state index is 12.2. The van der Waals surface area contributed by atoms with E-state index in [0.717, 1.165) is 0 Å². The lowest BCUT2D eigenvalue weighted by molar-refractivity contribution is -0.515. The van der Waals surface area contributed by atoms with Crippen molar-refractivity contribution < 1.29 is 28.7 Å². The van der Waals surface area contributed by atoms with Gasteiger partial charge in [0.1, 0.15) is 6.61 Å². The Hall–Kier alpha value is -2.94. The lowest BCUT2D eigenvalue weighted by Crippen LogP contribution is -2.39. The minimum atomic E-state index is -1.62. The van der Waals surface area contributed by atoms with E-state index in [-0.39, 0.29) is 19.8 Å². The van der Waals surface area contributed by atoms with E-state index in [2.05, 4.69) is 4.98 Å². The Morgan fingerprint density at radius 3 is 2.63 bits per heavy atom. The molecule has 2 rings (SSSR count). The molecule has 2 unspecified atom stereocenters. The molecule has 9 nitrogen and oxygen atoms in total. The van der Waals surface area contributed by atoms with Crippen molar-refractivity contribution in [3.8, 4) is 0 Å². The number of aromatic amines is 1. The van der Waals surface area contributed by atoms with E-state index in [1.807, 2.05) is 0 Å².